The average Bonchev–Trinajstić information content (AvgIpc) is 3.33. The highest BCUT2D eigenvalue weighted by molar-refractivity contribution is 14.1. The summed E-state index contributed by atoms with van der Waals surface area (Å²) in [7, 11) is -2.44. The van der Waals surface area contributed by atoms with Crippen molar-refractivity contribution in [2.75, 3.05) is 42.7 Å². The van der Waals surface area contributed by atoms with Gasteiger partial charge in [0.15, 0.2) is 10.7 Å². The summed E-state index contributed by atoms with van der Waals surface area (Å²) in [5.41, 5.74) is 2.88. The van der Waals surface area contributed by atoms with E-state index in [2.05, 4.69) is 16.9 Å². The number of rotatable bonds is 12. The molecule has 2 heterocycles. The average molecular weight is 728 g/mol. The lowest BCUT2D eigenvalue weighted by Crippen LogP contribution is -2.41. The summed E-state index contributed by atoms with van der Waals surface area (Å²) in [5, 5.41) is 12.4. The highest BCUT2D eigenvalue weighted by Gasteiger charge is 2.30. The van der Waals surface area contributed by atoms with Gasteiger partial charge in [0.25, 0.3) is 5.91 Å². The van der Waals surface area contributed by atoms with Crippen molar-refractivity contribution < 1.29 is 31.8 Å². The first-order chi connectivity index (χ1) is 20.0. The fourth-order valence-electron chi connectivity index (χ4n) is 4.19. The van der Waals surface area contributed by atoms with E-state index in [1.807, 2.05) is 28.1 Å². The number of aromatic nitrogens is 1. The molecule has 4 rings (SSSR count). The molecule has 1 unspecified atom stereocenters. The van der Waals surface area contributed by atoms with Crippen molar-refractivity contribution in [2.24, 2.45) is 0 Å². The fraction of sp³-hybridized carbons (Fsp3) is 0.185. The van der Waals surface area contributed by atoms with Crippen LogP contribution in [0, 0.1) is 9.39 Å². The molecular weight excluding hydrogens is 700 g/mol. The molecule has 0 bridgehead atoms. The number of carbonyl (C=O) groups is 1. The zero-order valence-corrected chi connectivity index (χ0v) is 26.3. The van der Waals surface area contributed by atoms with Gasteiger partial charge in [0.2, 0.25) is 15.7 Å². The maximum atomic E-state index is 13.6. The van der Waals surface area contributed by atoms with Gasteiger partial charge in [-0.2, -0.15) is 4.98 Å². The van der Waals surface area contributed by atoms with E-state index in [0.29, 0.717) is 19.4 Å². The highest BCUT2D eigenvalue weighted by atomic mass is 127. The van der Waals surface area contributed by atoms with E-state index < -0.39 is 33.1 Å². The molecule has 0 radical (unpaired) electrons. The number of furan rings is 1. The van der Waals surface area contributed by atoms with Crippen LogP contribution in [0.2, 0.25) is 0 Å². The maximum absolute atomic E-state index is 13.6. The lowest BCUT2D eigenvalue weighted by Gasteiger charge is -2.27. The molecule has 42 heavy (non-hydrogen) atoms. The summed E-state index contributed by atoms with van der Waals surface area (Å²) in [5.74, 6) is -0.717. The summed E-state index contributed by atoms with van der Waals surface area (Å²) >= 11 is 0.150. The van der Waals surface area contributed by atoms with E-state index in [-0.39, 0.29) is 48.2 Å². The van der Waals surface area contributed by atoms with Crippen LogP contribution in [0.5, 0.6) is 0 Å². The van der Waals surface area contributed by atoms with Gasteiger partial charge in [-0.3, -0.25) is 19.8 Å². The normalized spacial score (nSPS) is 12.4. The Morgan fingerprint density at radius 3 is 2.55 bits per heavy atom. The molecule has 15 heteroatoms. The number of para-hydroxylation sites is 1. The number of carbonyl (C=O) groups excluding carboxylic acids is 1. The number of sulfonamides is 1. The van der Waals surface area contributed by atoms with Gasteiger partial charge in [-0.15, -0.1) is 10.9 Å². The minimum Gasteiger partial charge on any atom is -0.593 e. The molecule has 0 saturated carbocycles. The van der Waals surface area contributed by atoms with Crippen LogP contribution < -0.4 is 15.1 Å². The van der Waals surface area contributed by atoms with E-state index in [0.717, 1.165) is 10.6 Å². The molecule has 1 amide bonds. The first-order valence-electron chi connectivity index (χ1n) is 12.4. The Hall–Kier alpha value is -3.22. The summed E-state index contributed by atoms with van der Waals surface area (Å²) in [6.07, 6.45) is 2.56. The van der Waals surface area contributed by atoms with Gasteiger partial charge in [-0.25, -0.2) is 12.8 Å². The second-order valence-corrected chi connectivity index (χ2v) is 13.4. The summed E-state index contributed by atoms with van der Waals surface area (Å²) in [6.45, 7) is 3.73. The lowest BCUT2D eigenvalue weighted by atomic mass is 10.1. The number of hydrogen-bond acceptors (Lipinski definition) is 9. The number of halogens is 2. The molecule has 0 spiro atoms. The Morgan fingerprint density at radius 2 is 1.93 bits per heavy atom. The molecular formula is C27H27FIN5O6S2. The van der Waals surface area contributed by atoms with Crippen molar-refractivity contribution in [3.8, 4) is 11.3 Å². The molecule has 3 N–H and O–H groups in total. The Morgan fingerprint density at radius 1 is 1.24 bits per heavy atom. The number of nitrogens with one attached hydrogen (secondary N) is 2. The third-order valence-corrected chi connectivity index (χ3v) is 9.61. The standard InChI is InChI=1S/C27H27FIN5O6S2/c1-4-13-33(41(37)22-8-6-5-7-21(22)32-36)14-15-34(42(3,38)39)25-20(29)16-19-23(26(35)30-2)24(40-27(19)31-25)17-9-11-18(28)12-10-17/h4-12,16,32,36H,1,13-15H2,2-3H3,(H,30,35). The molecule has 1 atom stereocenters. The predicted octanol–water partition coefficient (Wildman–Crippen LogP) is 4.38. The first kappa shape index (κ1) is 31.7. The topological polar surface area (TPSA) is 151 Å². The third kappa shape index (κ3) is 6.71. The number of fused-ring (bicyclic) bond motifs is 1. The number of hydrogen-bond donors (Lipinski definition) is 3. The number of pyridine rings is 1. The molecule has 0 aliphatic carbocycles. The van der Waals surface area contributed by atoms with Crippen LogP contribution in [0.1, 0.15) is 10.4 Å². The second kappa shape index (κ2) is 13.4. The number of benzene rings is 2. The van der Waals surface area contributed by atoms with Crippen molar-refractivity contribution >= 4 is 72.5 Å². The van der Waals surface area contributed by atoms with Crippen LogP contribution in [-0.2, 0) is 21.4 Å². The van der Waals surface area contributed by atoms with E-state index >= 15 is 0 Å². The molecule has 2 aromatic carbocycles. The summed E-state index contributed by atoms with van der Waals surface area (Å²) < 4.78 is 61.9. The van der Waals surface area contributed by atoms with Gasteiger partial charge in [0.1, 0.15) is 17.3 Å². The van der Waals surface area contributed by atoms with Gasteiger partial charge in [0, 0.05) is 12.6 Å². The zero-order chi connectivity index (χ0) is 30.6. The zero-order valence-electron chi connectivity index (χ0n) is 22.5. The second-order valence-electron chi connectivity index (χ2n) is 8.91. The third-order valence-electron chi connectivity index (χ3n) is 6.13. The quantitative estimate of drug-likeness (QED) is 0.0837. The van der Waals surface area contributed by atoms with Crippen LogP contribution >= 0.6 is 22.6 Å². The summed E-state index contributed by atoms with van der Waals surface area (Å²) in [6, 6.07) is 13.5. The van der Waals surface area contributed by atoms with Crippen molar-refractivity contribution in [3.05, 3.63) is 82.2 Å². The van der Waals surface area contributed by atoms with E-state index in [1.54, 1.807) is 30.3 Å². The Kier molecular flexibility index (Phi) is 10.1. The molecule has 0 aliphatic heterocycles. The van der Waals surface area contributed by atoms with E-state index in [4.69, 9.17) is 4.42 Å². The number of amides is 1. The molecule has 2 aromatic heterocycles. The van der Waals surface area contributed by atoms with Gasteiger partial charge in [-0.05, 0) is 65.1 Å². The molecule has 0 saturated heterocycles. The van der Waals surface area contributed by atoms with E-state index in [9.17, 15) is 27.4 Å². The van der Waals surface area contributed by atoms with Crippen molar-refractivity contribution in [1.29, 1.82) is 0 Å². The van der Waals surface area contributed by atoms with Crippen molar-refractivity contribution in [2.45, 2.75) is 4.90 Å². The Balaban J connectivity index is 1.75. The lowest BCUT2D eigenvalue weighted by molar-refractivity contribution is 0.0964. The minimum absolute atomic E-state index is 0.00371. The molecule has 4 aromatic rings. The van der Waals surface area contributed by atoms with Gasteiger partial charge in [-0.1, -0.05) is 18.2 Å². The van der Waals surface area contributed by atoms with Crippen LogP contribution in [0.4, 0.5) is 15.9 Å². The molecule has 11 nitrogen and oxygen atoms in total. The SMILES string of the molecule is C=CCN(CCN(c1nc2oc(-c3ccc(F)cc3)c(C(=O)NC)c2cc1I)S(C)(=O)=O)[S+]([O-])c1ccccc1NO. The fourth-order valence-corrected chi connectivity index (χ4v) is 7.20. The highest BCUT2D eigenvalue weighted by Crippen LogP contribution is 2.36. The van der Waals surface area contributed by atoms with Crippen molar-refractivity contribution in [1.82, 2.24) is 14.6 Å². The Labute approximate surface area is 258 Å². The molecule has 222 valence electrons. The van der Waals surface area contributed by atoms with E-state index in [1.165, 1.54) is 41.7 Å². The predicted molar refractivity (Wildman–Crippen MR) is 168 cm³/mol. The van der Waals surface area contributed by atoms with Gasteiger partial charge in [0.05, 0.1) is 51.8 Å². The molecule has 0 fully saturated rings. The van der Waals surface area contributed by atoms with Crippen LogP contribution in [0.15, 0.2) is 76.6 Å². The van der Waals surface area contributed by atoms with Crippen LogP contribution in [0.3, 0.4) is 0 Å². The van der Waals surface area contributed by atoms with Crippen molar-refractivity contribution in [3.63, 3.8) is 0 Å². The largest absolute Gasteiger partial charge is 0.593 e. The van der Waals surface area contributed by atoms with Gasteiger partial charge < -0.3 is 14.3 Å². The monoisotopic (exact) mass is 727 g/mol. The van der Waals surface area contributed by atoms with Gasteiger partial charge >= 0.3 is 0 Å². The smallest absolute Gasteiger partial charge is 0.255 e. The van der Waals surface area contributed by atoms with Crippen LogP contribution in [-0.4, -0.2) is 66.3 Å². The maximum Gasteiger partial charge on any atom is 0.255 e. The van der Waals surface area contributed by atoms with Crippen LogP contribution in [0.25, 0.3) is 22.4 Å². The molecule has 0 aliphatic rings. The Bertz CT molecular complexity index is 1720. The first-order valence-corrected chi connectivity index (χ1v) is 16.4. The number of nitrogens with zero attached hydrogens (tertiary/aromatic N) is 3. The summed E-state index contributed by atoms with van der Waals surface area (Å²) in [4.78, 5) is 17.7. The minimum atomic E-state index is -3.90. The number of anilines is 2.